The van der Waals surface area contributed by atoms with Crippen LogP contribution in [0.5, 0.6) is 0 Å². The number of carbonyl (C=O) groups is 1. The van der Waals surface area contributed by atoms with Crippen molar-refractivity contribution in [1.82, 2.24) is 4.90 Å². The minimum Gasteiger partial charge on any atom is -0.435 e. The number of amides is 1. The van der Waals surface area contributed by atoms with Crippen molar-refractivity contribution in [2.75, 3.05) is 19.8 Å². The zero-order valence-corrected chi connectivity index (χ0v) is 13.3. The molecule has 1 rings (SSSR count). The van der Waals surface area contributed by atoms with Crippen LogP contribution in [0.1, 0.15) is 59.3 Å². The van der Waals surface area contributed by atoms with E-state index in [-0.39, 0.29) is 4.48 Å². The van der Waals surface area contributed by atoms with E-state index in [1.807, 2.05) is 12.4 Å². The van der Waals surface area contributed by atoms with Gasteiger partial charge in [0.15, 0.2) is 6.67 Å². The largest absolute Gasteiger partial charge is 0.519 e. The zero-order valence-electron chi connectivity index (χ0n) is 13.3. The SMILES string of the molecule is CCCCC(CC)CN1C=C[N+](CCCC)(C(=O)O)C1. The van der Waals surface area contributed by atoms with Crippen molar-refractivity contribution in [3.8, 4) is 0 Å². The second kappa shape index (κ2) is 8.30. The summed E-state index contributed by atoms with van der Waals surface area (Å²) in [4.78, 5) is 13.8. The van der Waals surface area contributed by atoms with E-state index in [1.165, 1.54) is 25.7 Å². The third-order valence-corrected chi connectivity index (χ3v) is 4.32. The molecule has 20 heavy (non-hydrogen) atoms. The lowest BCUT2D eigenvalue weighted by Crippen LogP contribution is -2.50. The molecule has 1 N–H and O–H groups in total. The Balaban J connectivity index is 2.55. The van der Waals surface area contributed by atoms with Crippen molar-refractivity contribution in [1.29, 1.82) is 0 Å². The Kier molecular flexibility index (Phi) is 7.06. The Morgan fingerprint density at radius 1 is 1.30 bits per heavy atom. The van der Waals surface area contributed by atoms with Gasteiger partial charge in [-0.25, -0.2) is 0 Å². The van der Waals surface area contributed by atoms with Gasteiger partial charge in [-0.2, -0.15) is 9.28 Å². The first kappa shape index (κ1) is 17.0. The first-order chi connectivity index (χ1) is 9.57. The minimum atomic E-state index is -0.723. The fourth-order valence-electron chi connectivity index (χ4n) is 2.81. The number of carboxylic acid groups (broad SMARTS) is 1. The van der Waals surface area contributed by atoms with Gasteiger partial charge >= 0.3 is 6.09 Å². The third-order valence-electron chi connectivity index (χ3n) is 4.32. The number of unbranched alkanes of at least 4 members (excludes halogenated alkanes) is 2. The molecule has 1 heterocycles. The summed E-state index contributed by atoms with van der Waals surface area (Å²) < 4.78 is 0.0814. The highest BCUT2D eigenvalue weighted by atomic mass is 16.4. The summed E-state index contributed by atoms with van der Waals surface area (Å²) in [6.07, 6.45) is 10.1. The highest BCUT2D eigenvalue weighted by Gasteiger charge is 2.40. The highest BCUT2D eigenvalue weighted by molar-refractivity contribution is 5.57. The molecule has 4 nitrogen and oxygen atoms in total. The molecule has 116 valence electrons. The summed E-state index contributed by atoms with van der Waals surface area (Å²) in [7, 11) is 0. The first-order valence-electron chi connectivity index (χ1n) is 8.11. The molecule has 0 bridgehead atoms. The number of nitrogens with zero attached hydrogens (tertiary/aromatic N) is 2. The van der Waals surface area contributed by atoms with Crippen LogP contribution in [0.3, 0.4) is 0 Å². The molecule has 0 aromatic rings. The average Bonchev–Trinajstić information content (AvgIpc) is 2.85. The van der Waals surface area contributed by atoms with Gasteiger partial charge in [0.1, 0.15) is 6.20 Å². The first-order valence-corrected chi connectivity index (χ1v) is 8.11. The Labute approximate surface area is 123 Å². The van der Waals surface area contributed by atoms with Gasteiger partial charge in [0.25, 0.3) is 0 Å². The summed E-state index contributed by atoms with van der Waals surface area (Å²) in [5.74, 6) is 0.680. The van der Waals surface area contributed by atoms with E-state index < -0.39 is 6.09 Å². The second-order valence-corrected chi connectivity index (χ2v) is 6.02. The lowest BCUT2D eigenvalue weighted by atomic mass is 9.99. The summed E-state index contributed by atoms with van der Waals surface area (Å²) >= 11 is 0. The fourth-order valence-corrected chi connectivity index (χ4v) is 2.81. The van der Waals surface area contributed by atoms with Crippen LogP contribution in [0, 0.1) is 5.92 Å². The number of rotatable bonds is 9. The van der Waals surface area contributed by atoms with Crippen molar-refractivity contribution in [3.63, 3.8) is 0 Å². The van der Waals surface area contributed by atoms with Gasteiger partial charge in [0, 0.05) is 6.54 Å². The van der Waals surface area contributed by atoms with Crippen LogP contribution in [-0.2, 0) is 0 Å². The Morgan fingerprint density at radius 2 is 2.00 bits per heavy atom. The molecular weight excluding hydrogens is 252 g/mol. The fraction of sp³-hybridized carbons (Fsp3) is 0.812. The van der Waals surface area contributed by atoms with Crippen LogP contribution in [0.4, 0.5) is 4.79 Å². The molecule has 0 aliphatic carbocycles. The van der Waals surface area contributed by atoms with Crippen LogP contribution in [0.25, 0.3) is 0 Å². The molecule has 1 aliphatic rings. The monoisotopic (exact) mass is 283 g/mol. The van der Waals surface area contributed by atoms with E-state index in [0.717, 1.165) is 19.4 Å². The van der Waals surface area contributed by atoms with E-state index in [0.29, 0.717) is 19.1 Å². The second-order valence-electron chi connectivity index (χ2n) is 6.02. The Hall–Kier alpha value is -1.03. The van der Waals surface area contributed by atoms with E-state index in [4.69, 9.17) is 0 Å². The number of hydrogen-bond acceptors (Lipinski definition) is 2. The van der Waals surface area contributed by atoms with E-state index in [9.17, 15) is 9.90 Å². The number of hydrogen-bond donors (Lipinski definition) is 1. The molecule has 0 aromatic carbocycles. The van der Waals surface area contributed by atoms with Gasteiger partial charge in [-0.15, -0.1) is 0 Å². The van der Waals surface area contributed by atoms with Crippen LogP contribution < -0.4 is 0 Å². The molecule has 4 heteroatoms. The Morgan fingerprint density at radius 3 is 2.55 bits per heavy atom. The molecule has 2 atom stereocenters. The van der Waals surface area contributed by atoms with E-state index in [1.54, 1.807) is 0 Å². The molecule has 0 saturated heterocycles. The van der Waals surface area contributed by atoms with Crippen LogP contribution in [0.15, 0.2) is 12.4 Å². The predicted octanol–water partition coefficient (Wildman–Crippen LogP) is 4.24. The normalized spacial score (nSPS) is 23.2. The lowest BCUT2D eigenvalue weighted by Gasteiger charge is -2.29. The van der Waals surface area contributed by atoms with Crippen LogP contribution >= 0.6 is 0 Å². The molecule has 0 fully saturated rings. The van der Waals surface area contributed by atoms with Crippen molar-refractivity contribution in [2.24, 2.45) is 5.92 Å². The van der Waals surface area contributed by atoms with E-state index >= 15 is 0 Å². The molecule has 0 spiro atoms. The third kappa shape index (κ3) is 4.51. The van der Waals surface area contributed by atoms with Crippen molar-refractivity contribution in [2.45, 2.75) is 59.3 Å². The topological polar surface area (TPSA) is 40.5 Å². The maximum absolute atomic E-state index is 11.6. The van der Waals surface area contributed by atoms with Gasteiger partial charge in [-0.3, -0.25) is 0 Å². The summed E-state index contributed by atoms with van der Waals surface area (Å²) in [5, 5.41) is 9.54. The summed E-state index contributed by atoms with van der Waals surface area (Å²) in [6, 6.07) is 0. The zero-order chi connectivity index (χ0) is 15.0. The molecular formula is C16H31N2O2+. The molecule has 2 unspecified atom stereocenters. The van der Waals surface area contributed by atoms with Crippen molar-refractivity contribution in [3.05, 3.63) is 12.4 Å². The minimum absolute atomic E-state index is 0.0814. The predicted molar refractivity (Wildman–Crippen MR) is 82.1 cm³/mol. The van der Waals surface area contributed by atoms with Crippen LogP contribution in [0.2, 0.25) is 0 Å². The van der Waals surface area contributed by atoms with Gasteiger partial charge in [-0.1, -0.05) is 46.5 Å². The average molecular weight is 283 g/mol. The molecule has 1 aliphatic heterocycles. The molecule has 1 amide bonds. The maximum atomic E-state index is 11.6. The quantitative estimate of drug-likeness (QED) is 0.643. The Bertz CT molecular complexity index is 330. The van der Waals surface area contributed by atoms with Crippen molar-refractivity contribution >= 4 is 6.09 Å². The summed E-state index contributed by atoms with van der Waals surface area (Å²) in [5.41, 5.74) is 0. The number of quaternary nitrogens is 1. The van der Waals surface area contributed by atoms with Gasteiger partial charge in [-0.05, 0) is 18.8 Å². The van der Waals surface area contributed by atoms with Crippen molar-refractivity contribution < 1.29 is 14.4 Å². The molecule has 0 saturated carbocycles. The van der Waals surface area contributed by atoms with E-state index in [2.05, 4.69) is 25.7 Å². The molecule has 0 aromatic heterocycles. The highest BCUT2D eigenvalue weighted by Crippen LogP contribution is 2.23. The summed E-state index contributed by atoms with van der Waals surface area (Å²) in [6.45, 7) is 8.85. The standard InChI is InChI=1S/C16H30N2O2/c1-4-7-9-15(6-3)13-17-10-12-18(14-17,16(19)20)11-8-5-2/h10,12,15H,4-9,11,13-14H2,1-3H3/p+1. The molecule has 0 radical (unpaired) electrons. The van der Waals surface area contributed by atoms with Gasteiger partial charge in [0.2, 0.25) is 0 Å². The van der Waals surface area contributed by atoms with Crippen LogP contribution in [-0.4, -0.2) is 40.3 Å². The van der Waals surface area contributed by atoms with Gasteiger partial charge in [0.05, 0.1) is 12.7 Å². The van der Waals surface area contributed by atoms with Gasteiger partial charge < -0.3 is 10.0 Å². The maximum Gasteiger partial charge on any atom is 0.519 e. The smallest absolute Gasteiger partial charge is 0.435 e. The lowest BCUT2D eigenvalue weighted by molar-refractivity contribution is -0.808.